The van der Waals surface area contributed by atoms with Crippen LogP contribution in [-0.4, -0.2) is 11.5 Å². The van der Waals surface area contributed by atoms with Gasteiger partial charge in [-0.1, -0.05) is 25.1 Å². The molecule has 0 aliphatic heterocycles. The molecule has 0 radical (unpaired) electrons. The SMILES string of the molecule is CCCNCc1cnc(C)cc1Oc1ccccc1C. The van der Waals surface area contributed by atoms with Crippen LogP contribution in [-0.2, 0) is 6.54 Å². The predicted octanol–water partition coefficient (Wildman–Crippen LogP) is 3.99. The van der Waals surface area contributed by atoms with Crippen LogP contribution < -0.4 is 10.1 Å². The number of nitrogens with zero attached hydrogens (tertiary/aromatic N) is 1. The largest absolute Gasteiger partial charge is 0.457 e. The minimum Gasteiger partial charge on any atom is -0.457 e. The van der Waals surface area contributed by atoms with Gasteiger partial charge in [0, 0.05) is 30.1 Å². The Morgan fingerprint density at radius 1 is 1.15 bits per heavy atom. The second kappa shape index (κ2) is 7.06. The van der Waals surface area contributed by atoms with Crippen LogP contribution in [0.25, 0.3) is 0 Å². The van der Waals surface area contributed by atoms with Crippen molar-refractivity contribution >= 4 is 0 Å². The quantitative estimate of drug-likeness (QED) is 0.806. The van der Waals surface area contributed by atoms with Crippen LogP contribution in [0.15, 0.2) is 36.5 Å². The van der Waals surface area contributed by atoms with Gasteiger partial charge in [-0.2, -0.15) is 0 Å². The van der Waals surface area contributed by atoms with E-state index in [4.69, 9.17) is 4.74 Å². The summed E-state index contributed by atoms with van der Waals surface area (Å²) in [5, 5.41) is 3.39. The molecule has 0 saturated carbocycles. The summed E-state index contributed by atoms with van der Waals surface area (Å²) >= 11 is 0. The molecule has 1 aromatic carbocycles. The molecule has 106 valence electrons. The Morgan fingerprint density at radius 3 is 2.70 bits per heavy atom. The number of aryl methyl sites for hydroxylation is 2. The lowest BCUT2D eigenvalue weighted by atomic mass is 10.2. The van der Waals surface area contributed by atoms with Gasteiger partial charge in [0.1, 0.15) is 11.5 Å². The van der Waals surface area contributed by atoms with Gasteiger partial charge in [-0.05, 0) is 38.4 Å². The van der Waals surface area contributed by atoms with Gasteiger partial charge >= 0.3 is 0 Å². The first-order valence-corrected chi connectivity index (χ1v) is 7.10. The number of ether oxygens (including phenoxy) is 1. The topological polar surface area (TPSA) is 34.2 Å². The van der Waals surface area contributed by atoms with Crippen LogP contribution in [0.3, 0.4) is 0 Å². The first-order chi connectivity index (χ1) is 9.70. The zero-order valence-corrected chi connectivity index (χ0v) is 12.4. The minimum absolute atomic E-state index is 0.780. The van der Waals surface area contributed by atoms with Crippen molar-refractivity contribution in [1.82, 2.24) is 10.3 Å². The molecule has 0 unspecified atom stereocenters. The predicted molar refractivity (Wildman–Crippen MR) is 82.2 cm³/mol. The zero-order chi connectivity index (χ0) is 14.4. The summed E-state index contributed by atoms with van der Waals surface area (Å²) in [5.41, 5.74) is 3.19. The van der Waals surface area contributed by atoms with Crippen molar-refractivity contribution in [2.45, 2.75) is 33.7 Å². The van der Waals surface area contributed by atoms with Crippen molar-refractivity contribution in [3.05, 3.63) is 53.3 Å². The van der Waals surface area contributed by atoms with Gasteiger partial charge in [0.25, 0.3) is 0 Å². The van der Waals surface area contributed by atoms with Crippen LogP contribution in [0.5, 0.6) is 11.5 Å². The highest BCUT2D eigenvalue weighted by Crippen LogP contribution is 2.27. The Morgan fingerprint density at radius 2 is 1.95 bits per heavy atom. The zero-order valence-electron chi connectivity index (χ0n) is 12.4. The van der Waals surface area contributed by atoms with E-state index in [1.54, 1.807) is 0 Å². The summed E-state index contributed by atoms with van der Waals surface area (Å²) in [6.45, 7) is 7.97. The fourth-order valence-corrected chi connectivity index (χ4v) is 1.98. The van der Waals surface area contributed by atoms with Crippen molar-refractivity contribution in [1.29, 1.82) is 0 Å². The van der Waals surface area contributed by atoms with Gasteiger partial charge in [-0.25, -0.2) is 0 Å². The highest BCUT2D eigenvalue weighted by atomic mass is 16.5. The summed E-state index contributed by atoms with van der Waals surface area (Å²) in [6.07, 6.45) is 3.01. The lowest BCUT2D eigenvalue weighted by Crippen LogP contribution is -2.14. The average Bonchev–Trinajstić information content (AvgIpc) is 2.44. The maximum atomic E-state index is 6.07. The summed E-state index contributed by atoms with van der Waals surface area (Å²) in [5.74, 6) is 1.78. The van der Waals surface area contributed by atoms with E-state index in [0.29, 0.717) is 0 Å². The van der Waals surface area contributed by atoms with E-state index in [2.05, 4.69) is 30.2 Å². The molecule has 1 N–H and O–H groups in total. The molecule has 2 aromatic rings. The van der Waals surface area contributed by atoms with Crippen molar-refractivity contribution in [2.24, 2.45) is 0 Å². The van der Waals surface area contributed by atoms with Crippen LogP contribution in [0, 0.1) is 13.8 Å². The highest BCUT2D eigenvalue weighted by Gasteiger charge is 2.07. The van der Waals surface area contributed by atoms with E-state index in [0.717, 1.165) is 47.8 Å². The molecule has 20 heavy (non-hydrogen) atoms. The Kier molecular flexibility index (Phi) is 5.13. The van der Waals surface area contributed by atoms with Gasteiger partial charge < -0.3 is 10.1 Å². The smallest absolute Gasteiger partial charge is 0.135 e. The number of pyridine rings is 1. The number of aromatic nitrogens is 1. The number of rotatable bonds is 6. The van der Waals surface area contributed by atoms with Crippen LogP contribution in [0.2, 0.25) is 0 Å². The molecule has 0 spiro atoms. The standard InChI is InChI=1S/C17H22N2O/c1-4-9-18-11-15-12-19-14(3)10-17(15)20-16-8-6-5-7-13(16)2/h5-8,10,12,18H,4,9,11H2,1-3H3. The molecule has 0 aliphatic rings. The van der Waals surface area contributed by atoms with Crippen molar-refractivity contribution in [2.75, 3.05) is 6.54 Å². The second-order valence-electron chi connectivity index (χ2n) is 4.98. The summed E-state index contributed by atoms with van der Waals surface area (Å²) < 4.78 is 6.07. The van der Waals surface area contributed by atoms with Crippen LogP contribution >= 0.6 is 0 Å². The third-order valence-corrected chi connectivity index (χ3v) is 3.14. The van der Waals surface area contributed by atoms with Crippen molar-refractivity contribution in [3.8, 4) is 11.5 Å². The van der Waals surface area contributed by atoms with Gasteiger partial charge in [-0.3, -0.25) is 4.98 Å². The number of benzene rings is 1. The third kappa shape index (κ3) is 3.81. The molecule has 0 fully saturated rings. The summed E-state index contributed by atoms with van der Waals surface area (Å²) in [6, 6.07) is 10.1. The van der Waals surface area contributed by atoms with E-state index in [-0.39, 0.29) is 0 Å². The monoisotopic (exact) mass is 270 g/mol. The van der Waals surface area contributed by atoms with E-state index >= 15 is 0 Å². The summed E-state index contributed by atoms with van der Waals surface area (Å²) in [7, 11) is 0. The molecule has 0 amide bonds. The lowest BCUT2D eigenvalue weighted by molar-refractivity contribution is 0.467. The van der Waals surface area contributed by atoms with Crippen LogP contribution in [0.4, 0.5) is 0 Å². The Labute approximate surface area is 121 Å². The lowest BCUT2D eigenvalue weighted by Gasteiger charge is -2.13. The maximum Gasteiger partial charge on any atom is 0.135 e. The molecule has 0 atom stereocenters. The number of hydrogen-bond donors (Lipinski definition) is 1. The Hall–Kier alpha value is -1.87. The Bertz CT molecular complexity index is 567. The molecule has 0 bridgehead atoms. The molecule has 0 saturated heterocycles. The molecule has 3 heteroatoms. The fraction of sp³-hybridized carbons (Fsp3) is 0.353. The second-order valence-corrected chi connectivity index (χ2v) is 4.98. The van der Waals surface area contributed by atoms with Crippen molar-refractivity contribution < 1.29 is 4.74 Å². The van der Waals surface area contributed by atoms with Gasteiger partial charge in [-0.15, -0.1) is 0 Å². The number of hydrogen-bond acceptors (Lipinski definition) is 3. The van der Waals surface area contributed by atoms with Crippen molar-refractivity contribution in [3.63, 3.8) is 0 Å². The highest BCUT2D eigenvalue weighted by molar-refractivity contribution is 5.40. The maximum absolute atomic E-state index is 6.07. The van der Waals surface area contributed by atoms with E-state index in [1.165, 1.54) is 0 Å². The molecule has 1 heterocycles. The average molecular weight is 270 g/mol. The van der Waals surface area contributed by atoms with Gasteiger partial charge in [0.2, 0.25) is 0 Å². The minimum atomic E-state index is 0.780. The van der Waals surface area contributed by atoms with E-state index < -0.39 is 0 Å². The third-order valence-electron chi connectivity index (χ3n) is 3.14. The molecule has 0 aliphatic carbocycles. The van der Waals surface area contributed by atoms with E-state index in [9.17, 15) is 0 Å². The van der Waals surface area contributed by atoms with E-state index in [1.807, 2.05) is 37.4 Å². The Balaban J connectivity index is 2.21. The molecular formula is C17H22N2O. The van der Waals surface area contributed by atoms with Crippen LogP contribution in [0.1, 0.15) is 30.2 Å². The molecular weight excluding hydrogens is 248 g/mol. The van der Waals surface area contributed by atoms with Gasteiger partial charge in [0.05, 0.1) is 0 Å². The first kappa shape index (κ1) is 14.5. The number of para-hydroxylation sites is 1. The normalized spacial score (nSPS) is 10.6. The summed E-state index contributed by atoms with van der Waals surface area (Å²) in [4.78, 5) is 4.36. The molecule has 3 nitrogen and oxygen atoms in total. The fourth-order valence-electron chi connectivity index (χ4n) is 1.98. The first-order valence-electron chi connectivity index (χ1n) is 7.10. The number of nitrogens with one attached hydrogen (secondary N) is 1. The molecule has 1 aromatic heterocycles. The molecule has 2 rings (SSSR count). The van der Waals surface area contributed by atoms with Gasteiger partial charge in [0.15, 0.2) is 0 Å².